The summed E-state index contributed by atoms with van der Waals surface area (Å²) in [5, 5.41) is 3.50. The fraction of sp³-hybridized carbons (Fsp3) is 0.696. The number of benzene rings is 1. The van der Waals surface area contributed by atoms with E-state index in [1.165, 1.54) is 38.3 Å². The lowest BCUT2D eigenvalue weighted by Gasteiger charge is -2.38. The third-order valence-electron chi connectivity index (χ3n) is 6.05. The Hall–Kier alpha value is -1.99. The van der Waals surface area contributed by atoms with Crippen LogP contribution in [0.4, 0.5) is 5.69 Å². The largest absolute Gasteiger partial charge is 0.495 e. The minimum absolute atomic E-state index is 0.890. The number of anilines is 1. The molecule has 2 aliphatic rings. The van der Waals surface area contributed by atoms with Crippen molar-refractivity contribution in [2.24, 2.45) is 4.99 Å². The van der Waals surface area contributed by atoms with E-state index in [1.54, 1.807) is 7.11 Å². The molecule has 2 heterocycles. The molecule has 2 saturated heterocycles. The molecule has 2 fully saturated rings. The van der Waals surface area contributed by atoms with Gasteiger partial charge in [-0.25, -0.2) is 0 Å². The summed E-state index contributed by atoms with van der Waals surface area (Å²) in [5.41, 5.74) is 1.18. The Morgan fingerprint density at radius 1 is 1.03 bits per heavy atom. The summed E-state index contributed by atoms with van der Waals surface area (Å²) in [6, 6.07) is 8.29. The van der Waals surface area contributed by atoms with Crippen molar-refractivity contribution in [1.82, 2.24) is 20.0 Å². The molecule has 0 saturated carbocycles. The number of rotatable bonds is 7. The maximum atomic E-state index is 5.54. The number of aliphatic imine (C=N–C) groups is 1. The number of hydrogen-bond donors (Lipinski definition) is 1. The topological polar surface area (TPSA) is 46.6 Å². The Kier molecular flexibility index (Phi) is 9.08. The number of nitrogens with zero attached hydrogens (tertiary/aromatic N) is 5. The van der Waals surface area contributed by atoms with E-state index in [-0.39, 0.29) is 0 Å². The number of ether oxygens (including phenoxy) is 1. The van der Waals surface area contributed by atoms with Crippen LogP contribution in [0.2, 0.25) is 0 Å². The summed E-state index contributed by atoms with van der Waals surface area (Å²) < 4.78 is 5.54. The van der Waals surface area contributed by atoms with Gasteiger partial charge in [0.05, 0.1) is 12.8 Å². The van der Waals surface area contributed by atoms with Crippen LogP contribution < -0.4 is 15.0 Å². The SMILES string of the molecule is CCNC(=NCCCN1CCCN(C)CC1)N1CCN(c2ccccc2OC)CC1. The summed E-state index contributed by atoms with van der Waals surface area (Å²) in [4.78, 5) is 14.8. The second-order valence-electron chi connectivity index (χ2n) is 8.23. The zero-order valence-electron chi connectivity index (χ0n) is 19.1. The molecule has 30 heavy (non-hydrogen) atoms. The molecule has 0 bridgehead atoms. The van der Waals surface area contributed by atoms with Crippen LogP contribution in [0.1, 0.15) is 19.8 Å². The third-order valence-corrected chi connectivity index (χ3v) is 6.05. The van der Waals surface area contributed by atoms with Gasteiger partial charge in [0, 0.05) is 52.4 Å². The smallest absolute Gasteiger partial charge is 0.194 e. The first-order chi connectivity index (χ1) is 14.7. The van der Waals surface area contributed by atoms with Crippen molar-refractivity contribution in [1.29, 1.82) is 0 Å². The number of nitrogens with one attached hydrogen (secondary N) is 1. The van der Waals surface area contributed by atoms with Gasteiger partial charge < -0.3 is 29.7 Å². The van der Waals surface area contributed by atoms with E-state index in [0.29, 0.717) is 0 Å². The van der Waals surface area contributed by atoms with Gasteiger partial charge >= 0.3 is 0 Å². The van der Waals surface area contributed by atoms with Crippen LogP contribution in [0, 0.1) is 0 Å². The van der Waals surface area contributed by atoms with Crippen LogP contribution >= 0.6 is 0 Å². The normalized spacial score (nSPS) is 19.6. The minimum atomic E-state index is 0.890. The van der Waals surface area contributed by atoms with Crippen LogP contribution in [-0.2, 0) is 0 Å². The van der Waals surface area contributed by atoms with Crippen molar-refractivity contribution in [2.75, 3.05) is 91.0 Å². The van der Waals surface area contributed by atoms with Gasteiger partial charge in [0.1, 0.15) is 5.75 Å². The van der Waals surface area contributed by atoms with Gasteiger partial charge in [0.15, 0.2) is 5.96 Å². The summed E-state index contributed by atoms with van der Waals surface area (Å²) in [6.45, 7) is 13.8. The van der Waals surface area contributed by atoms with E-state index >= 15 is 0 Å². The Morgan fingerprint density at radius 2 is 1.83 bits per heavy atom. The van der Waals surface area contributed by atoms with Crippen LogP contribution in [-0.4, -0.2) is 107 Å². The van der Waals surface area contributed by atoms with Crippen LogP contribution in [0.25, 0.3) is 0 Å². The second-order valence-corrected chi connectivity index (χ2v) is 8.23. The zero-order valence-corrected chi connectivity index (χ0v) is 19.1. The average molecular weight is 417 g/mol. The van der Waals surface area contributed by atoms with Gasteiger partial charge in [-0.3, -0.25) is 4.99 Å². The van der Waals surface area contributed by atoms with E-state index in [1.807, 2.05) is 12.1 Å². The monoisotopic (exact) mass is 416 g/mol. The Labute approximate surface area is 182 Å². The summed E-state index contributed by atoms with van der Waals surface area (Å²) >= 11 is 0. The molecule has 1 aromatic rings. The molecule has 0 unspecified atom stereocenters. The molecule has 0 aliphatic carbocycles. The van der Waals surface area contributed by atoms with Gasteiger partial charge in [-0.1, -0.05) is 12.1 Å². The first kappa shape index (κ1) is 22.7. The quantitative estimate of drug-likeness (QED) is 0.416. The van der Waals surface area contributed by atoms with Crippen molar-refractivity contribution in [2.45, 2.75) is 19.8 Å². The lowest BCUT2D eigenvalue weighted by atomic mass is 10.2. The van der Waals surface area contributed by atoms with Gasteiger partial charge in [-0.15, -0.1) is 0 Å². The maximum Gasteiger partial charge on any atom is 0.194 e. The highest BCUT2D eigenvalue weighted by molar-refractivity contribution is 5.80. The van der Waals surface area contributed by atoms with Gasteiger partial charge in [-0.05, 0) is 58.6 Å². The predicted octanol–water partition coefficient (Wildman–Crippen LogP) is 1.81. The second kappa shape index (κ2) is 12.0. The number of hydrogen-bond acceptors (Lipinski definition) is 5. The fourth-order valence-electron chi connectivity index (χ4n) is 4.28. The molecule has 0 atom stereocenters. The lowest BCUT2D eigenvalue weighted by Crippen LogP contribution is -2.52. The summed E-state index contributed by atoms with van der Waals surface area (Å²) in [7, 11) is 3.97. The standard InChI is InChI=1S/C23H40N6O/c1-4-24-23(25-11-7-13-27-14-8-12-26(2)15-16-27)29-19-17-28(18-20-29)21-9-5-6-10-22(21)30-3/h5-6,9-10H,4,7-8,11-20H2,1-3H3,(H,24,25). The highest BCUT2D eigenvalue weighted by atomic mass is 16.5. The van der Waals surface area contributed by atoms with Crippen LogP contribution in [0.3, 0.4) is 0 Å². The van der Waals surface area contributed by atoms with Crippen molar-refractivity contribution in [3.8, 4) is 5.75 Å². The average Bonchev–Trinajstić information content (AvgIpc) is 3.00. The minimum Gasteiger partial charge on any atom is -0.495 e. The summed E-state index contributed by atoms with van der Waals surface area (Å²) in [5.74, 6) is 2.01. The molecule has 0 amide bonds. The number of likely N-dealkylation sites (N-methyl/N-ethyl adjacent to an activating group) is 1. The molecular formula is C23H40N6O. The molecule has 1 aromatic carbocycles. The fourth-order valence-corrected chi connectivity index (χ4v) is 4.28. The number of piperazine rings is 1. The molecule has 0 radical (unpaired) electrons. The first-order valence-electron chi connectivity index (χ1n) is 11.5. The van der Waals surface area contributed by atoms with Crippen LogP contribution in [0.5, 0.6) is 5.75 Å². The lowest BCUT2D eigenvalue weighted by molar-refractivity contribution is 0.274. The molecule has 7 heteroatoms. The molecule has 3 rings (SSSR count). The van der Waals surface area contributed by atoms with E-state index in [0.717, 1.165) is 63.9 Å². The van der Waals surface area contributed by atoms with Crippen LogP contribution in [0.15, 0.2) is 29.3 Å². The van der Waals surface area contributed by atoms with Crippen molar-refractivity contribution >= 4 is 11.6 Å². The predicted molar refractivity (Wildman–Crippen MR) is 126 cm³/mol. The van der Waals surface area contributed by atoms with E-state index < -0.39 is 0 Å². The Balaban J connectivity index is 1.47. The number of guanidine groups is 1. The van der Waals surface area contributed by atoms with E-state index in [4.69, 9.17) is 9.73 Å². The van der Waals surface area contributed by atoms with E-state index in [2.05, 4.69) is 51.0 Å². The number of para-hydroxylation sites is 2. The Bertz CT molecular complexity index is 659. The molecule has 7 nitrogen and oxygen atoms in total. The highest BCUT2D eigenvalue weighted by Crippen LogP contribution is 2.28. The van der Waals surface area contributed by atoms with Gasteiger partial charge in [0.2, 0.25) is 0 Å². The van der Waals surface area contributed by atoms with E-state index in [9.17, 15) is 0 Å². The molecule has 0 aromatic heterocycles. The van der Waals surface area contributed by atoms with Gasteiger partial charge in [0.25, 0.3) is 0 Å². The Morgan fingerprint density at radius 3 is 2.60 bits per heavy atom. The van der Waals surface area contributed by atoms with Crippen molar-refractivity contribution in [3.05, 3.63) is 24.3 Å². The molecule has 168 valence electrons. The molecular weight excluding hydrogens is 376 g/mol. The highest BCUT2D eigenvalue weighted by Gasteiger charge is 2.21. The first-order valence-corrected chi connectivity index (χ1v) is 11.5. The molecule has 1 N–H and O–H groups in total. The summed E-state index contributed by atoms with van der Waals surface area (Å²) in [6.07, 6.45) is 2.40. The molecule has 0 spiro atoms. The number of methoxy groups -OCH3 is 1. The third kappa shape index (κ3) is 6.51. The van der Waals surface area contributed by atoms with Crippen molar-refractivity contribution < 1.29 is 4.74 Å². The van der Waals surface area contributed by atoms with Crippen molar-refractivity contribution in [3.63, 3.8) is 0 Å². The molecule has 2 aliphatic heterocycles. The van der Waals surface area contributed by atoms with Gasteiger partial charge in [-0.2, -0.15) is 0 Å². The maximum absolute atomic E-state index is 5.54. The zero-order chi connectivity index (χ0) is 21.2.